The molecule has 0 aliphatic heterocycles. The van der Waals surface area contributed by atoms with E-state index in [0.29, 0.717) is 49.4 Å². The van der Waals surface area contributed by atoms with Gasteiger partial charge in [-0.25, -0.2) is 13.4 Å². The number of benzene rings is 3. The van der Waals surface area contributed by atoms with Gasteiger partial charge in [-0.2, -0.15) is 0 Å². The van der Waals surface area contributed by atoms with Crippen molar-refractivity contribution in [2.75, 3.05) is 32.0 Å². The first kappa shape index (κ1) is 37.7. The standard InChI is InChI=1S/C41H49ClN2O5S/c1-5-44(6-2)24-25-49-39(45)28-41(22-23-41)29-50(47,48)38(21-17-31-11-7-8-13-36(31)40(3,4)46)33-12-9-10-30(26-33)14-19-35-20-16-32-15-18-34(42)27-37(32)43-35/h7-16,18-20,26-27,38,46H,5-6,17,21-25,28-29H2,1-4H3/t38-/m1/s1. The Hall–Kier alpha value is -3.56. The van der Waals surface area contributed by atoms with E-state index in [9.17, 15) is 18.3 Å². The molecule has 1 heterocycles. The summed E-state index contributed by atoms with van der Waals surface area (Å²) in [5, 5.41) is 11.7. The van der Waals surface area contributed by atoms with Gasteiger partial charge in [0.05, 0.1) is 34.2 Å². The zero-order valence-corrected chi connectivity index (χ0v) is 31.1. The summed E-state index contributed by atoms with van der Waals surface area (Å²) in [4.78, 5) is 19.8. The van der Waals surface area contributed by atoms with Crippen LogP contribution in [0.25, 0.3) is 23.1 Å². The molecule has 1 fully saturated rings. The molecule has 5 rings (SSSR count). The SMILES string of the molecule is CCN(CC)CCOC(=O)CC1(CS(=O)(=O)[C@H](CCc2ccccc2C(C)(C)O)c2cccc(C=Cc3ccc4ccc(Cl)cc4n3)c2)CC1. The molecule has 3 aromatic carbocycles. The number of hydrogen-bond acceptors (Lipinski definition) is 7. The predicted octanol–water partition coefficient (Wildman–Crippen LogP) is 8.43. The number of fused-ring (bicyclic) bond motifs is 1. The van der Waals surface area contributed by atoms with Crippen LogP contribution in [0.5, 0.6) is 0 Å². The summed E-state index contributed by atoms with van der Waals surface area (Å²) in [5.74, 6) is -0.413. The Morgan fingerprint density at radius 1 is 1.02 bits per heavy atom. The van der Waals surface area contributed by atoms with Crippen LogP contribution in [-0.2, 0) is 31.4 Å². The van der Waals surface area contributed by atoms with E-state index in [4.69, 9.17) is 21.3 Å². The summed E-state index contributed by atoms with van der Waals surface area (Å²) < 4.78 is 34.4. The van der Waals surface area contributed by atoms with Crippen molar-refractivity contribution in [1.29, 1.82) is 0 Å². The predicted molar refractivity (Wildman–Crippen MR) is 204 cm³/mol. The molecule has 0 unspecified atom stereocenters. The zero-order valence-electron chi connectivity index (χ0n) is 29.6. The molecule has 0 spiro atoms. The summed E-state index contributed by atoms with van der Waals surface area (Å²) in [7, 11) is -3.72. The number of sulfone groups is 1. The normalized spacial score (nSPS) is 15.1. The van der Waals surface area contributed by atoms with Gasteiger partial charge in [0.15, 0.2) is 9.84 Å². The number of pyridine rings is 1. The molecule has 0 bridgehead atoms. The fourth-order valence-electron chi connectivity index (χ4n) is 6.68. The maximum Gasteiger partial charge on any atom is 0.306 e. The number of rotatable bonds is 17. The molecule has 9 heteroatoms. The smallest absolute Gasteiger partial charge is 0.306 e. The number of esters is 1. The number of halogens is 1. The van der Waals surface area contributed by atoms with Crippen molar-refractivity contribution in [2.45, 2.75) is 70.7 Å². The zero-order chi connectivity index (χ0) is 35.9. The average Bonchev–Trinajstić information content (AvgIpc) is 3.82. The van der Waals surface area contributed by atoms with Crippen molar-refractivity contribution in [3.05, 3.63) is 112 Å². The molecule has 1 saturated carbocycles. The van der Waals surface area contributed by atoms with E-state index in [1.807, 2.05) is 91.0 Å². The Kier molecular flexibility index (Phi) is 12.2. The van der Waals surface area contributed by atoms with Crippen molar-refractivity contribution in [3.63, 3.8) is 0 Å². The first-order chi connectivity index (χ1) is 23.8. The van der Waals surface area contributed by atoms with Gasteiger partial charge in [0.1, 0.15) is 6.61 Å². The molecule has 0 amide bonds. The highest BCUT2D eigenvalue weighted by molar-refractivity contribution is 7.91. The van der Waals surface area contributed by atoms with E-state index in [-0.39, 0.29) is 18.1 Å². The Bertz CT molecular complexity index is 1930. The first-order valence-corrected chi connectivity index (χ1v) is 19.6. The average molecular weight is 717 g/mol. The number of likely N-dealkylation sites (N-methyl/N-ethyl adjacent to an activating group) is 1. The molecular weight excluding hydrogens is 668 g/mol. The van der Waals surface area contributed by atoms with E-state index in [2.05, 4.69) is 18.7 Å². The van der Waals surface area contributed by atoms with Gasteiger partial charge in [0, 0.05) is 17.0 Å². The van der Waals surface area contributed by atoms with Gasteiger partial charge in [0.25, 0.3) is 0 Å². The minimum absolute atomic E-state index is 0.0768. The Balaban J connectivity index is 1.39. The van der Waals surface area contributed by atoms with Crippen LogP contribution in [0.4, 0.5) is 0 Å². The van der Waals surface area contributed by atoms with Crippen LogP contribution < -0.4 is 0 Å². The third-order valence-electron chi connectivity index (χ3n) is 9.74. The number of aliphatic hydroxyl groups is 1. The number of aryl methyl sites for hydroxylation is 1. The number of aromatic nitrogens is 1. The monoisotopic (exact) mass is 716 g/mol. The maximum atomic E-state index is 14.4. The molecule has 1 N–H and O–H groups in total. The number of carbonyl (C=O) groups excluding carboxylic acids is 1. The minimum atomic E-state index is -3.72. The molecule has 1 aliphatic carbocycles. The third-order valence-corrected chi connectivity index (χ3v) is 12.4. The van der Waals surface area contributed by atoms with Crippen molar-refractivity contribution in [3.8, 4) is 0 Å². The molecule has 7 nitrogen and oxygen atoms in total. The lowest BCUT2D eigenvalue weighted by molar-refractivity contribution is -0.145. The number of nitrogens with zero attached hydrogens (tertiary/aromatic N) is 2. The quantitative estimate of drug-likeness (QED) is 0.110. The largest absolute Gasteiger partial charge is 0.464 e. The fourth-order valence-corrected chi connectivity index (χ4v) is 9.33. The molecule has 1 aliphatic rings. The highest BCUT2D eigenvalue weighted by Crippen LogP contribution is 2.51. The lowest BCUT2D eigenvalue weighted by atomic mass is 9.90. The van der Waals surface area contributed by atoms with Crippen molar-refractivity contribution in [1.82, 2.24) is 9.88 Å². The second kappa shape index (κ2) is 16.2. The molecular formula is C41H49ClN2O5S. The van der Waals surface area contributed by atoms with Gasteiger partial charge < -0.3 is 14.7 Å². The van der Waals surface area contributed by atoms with Crippen LogP contribution in [0.1, 0.15) is 86.6 Å². The summed E-state index contributed by atoms with van der Waals surface area (Å²) in [6.07, 6.45) is 6.11. The van der Waals surface area contributed by atoms with Crippen LogP contribution in [0.2, 0.25) is 5.02 Å². The number of ether oxygens (including phenoxy) is 1. The molecule has 0 saturated heterocycles. The van der Waals surface area contributed by atoms with Crippen LogP contribution in [0, 0.1) is 5.41 Å². The lowest BCUT2D eigenvalue weighted by Gasteiger charge is -2.25. The van der Waals surface area contributed by atoms with Crippen LogP contribution >= 0.6 is 11.6 Å². The summed E-state index contributed by atoms with van der Waals surface area (Å²) >= 11 is 6.19. The van der Waals surface area contributed by atoms with Crippen molar-refractivity contribution < 1.29 is 23.1 Å². The van der Waals surface area contributed by atoms with Gasteiger partial charge in [-0.15, -0.1) is 0 Å². The van der Waals surface area contributed by atoms with E-state index >= 15 is 0 Å². The minimum Gasteiger partial charge on any atom is -0.464 e. The second-order valence-electron chi connectivity index (χ2n) is 14.1. The number of hydrogen-bond donors (Lipinski definition) is 1. The maximum absolute atomic E-state index is 14.4. The van der Waals surface area contributed by atoms with E-state index < -0.39 is 26.1 Å². The first-order valence-electron chi connectivity index (χ1n) is 17.6. The van der Waals surface area contributed by atoms with E-state index in [1.165, 1.54) is 0 Å². The Labute approximate surface area is 302 Å². The lowest BCUT2D eigenvalue weighted by Crippen LogP contribution is -2.29. The highest BCUT2D eigenvalue weighted by atomic mass is 35.5. The molecule has 266 valence electrons. The van der Waals surface area contributed by atoms with Crippen molar-refractivity contribution in [2.24, 2.45) is 5.41 Å². The van der Waals surface area contributed by atoms with Crippen LogP contribution in [0.15, 0.2) is 78.9 Å². The van der Waals surface area contributed by atoms with Gasteiger partial charge in [-0.3, -0.25) is 4.79 Å². The van der Waals surface area contributed by atoms with Gasteiger partial charge >= 0.3 is 5.97 Å². The second-order valence-corrected chi connectivity index (χ2v) is 16.7. The molecule has 4 aromatic rings. The fraction of sp³-hybridized carbons (Fsp3) is 0.415. The Morgan fingerprint density at radius 3 is 2.48 bits per heavy atom. The third kappa shape index (κ3) is 10.0. The Morgan fingerprint density at radius 2 is 1.76 bits per heavy atom. The topological polar surface area (TPSA) is 96.8 Å². The molecule has 50 heavy (non-hydrogen) atoms. The van der Waals surface area contributed by atoms with Gasteiger partial charge in [0.2, 0.25) is 0 Å². The molecule has 1 atom stereocenters. The summed E-state index contributed by atoms with van der Waals surface area (Å²) in [6.45, 7) is 10.3. The number of carbonyl (C=O) groups is 1. The van der Waals surface area contributed by atoms with Gasteiger partial charge in [-0.05, 0) is 105 Å². The summed E-state index contributed by atoms with van der Waals surface area (Å²) in [5.41, 5.74) is 3.14. The van der Waals surface area contributed by atoms with Gasteiger partial charge in [-0.1, -0.05) is 92.2 Å². The molecule has 1 aromatic heterocycles. The highest BCUT2D eigenvalue weighted by Gasteiger charge is 2.49. The van der Waals surface area contributed by atoms with Crippen molar-refractivity contribution >= 4 is 50.5 Å². The molecule has 0 radical (unpaired) electrons. The van der Waals surface area contributed by atoms with E-state index in [1.54, 1.807) is 13.8 Å². The van der Waals surface area contributed by atoms with Crippen LogP contribution in [-0.4, -0.2) is 61.4 Å². The van der Waals surface area contributed by atoms with E-state index in [0.717, 1.165) is 46.4 Å². The van der Waals surface area contributed by atoms with Crippen LogP contribution in [0.3, 0.4) is 0 Å². The summed E-state index contributed by atoms with van der Waals surface area (Å²) in [6, 6.07) is 24.8.